The fraction of sp³-hybridized carbons (Fsp3) is 0.318. The van der Waals surface area contributed by atoms with Crippen LogP contribution in [0.2, 0.25) is 0 Å². The Kier molecular flexibility index (Phi) is 4.75. The molecule has 2 aromatic carbocycles. The average Bonchev–Trinajstić information content (AvgIpc) is 3.17. The quantitative estimate of drug-likeness (QED) is 0.755. The second-order valence-electron chi connectivity index (χ2n) is 7.05. The van der Waals surface area contributed by atoms with Gasteiger partial charge in [0.15, 0.2) is 0 Å². The summed E-state index contributed by atoms with van der Waals surface area (Å²) in [6.45, 7) is 2.84. The first-order valence-electron chi connectivity index (χ1n) is 9.56. The number of nitrogens with zero attached hydrogens (tertiary/aromatic N) is 2. The molecule has 138 valence electrons. The van der Waals surface area contributed by atoms with Gasteiger partial charge >= 0.3 is 0 Å². The van der Waals surface area contributed by atoms with Crippen molar-refractivity contribution in [3.8, 4) is 0 Å². The predicted molar refractivity (Wildman–Crippen MR) is 106 cm³/mol. The molecule has 0 saturated carbocycles. The average molecular weight is 361 g/mol. The first-order valence-corrected chi connectivity index (χ1v) is 9.56. The maximum Gasteiger partial charge on any atom is 0.261 e. The molecule has 0 bridgehead atoms. The Morgan fingerprint density at radius 1 is 1.22 bits per heavy atom. The van der Waals surface area contributed by atoms with Crippen molar-refractivity contribution in [3.05, 3.63) is 75.8 Å². The van der Waals surface area contributed by atoms with Gasteiger partial charge in [-0.15, -0.1) is 0 Å². The summed E-state index contributed by atoms with van der Waals surface area (Å²) in [7, 11) is 0. The minimum atomic E-state index is -0.137. The van der Waals surface area contributed by atoms with Gasteiger partial charge in [0, 0.05) is 18.5 Å². The Bertz CT molecular complexity index is 1040. The van der Waals surface area contributed by atoms with Crippen LogP contribution in [0.15, 0.2) is 53.3 Å². The van der Waals surface area contributed by atoms with Crippen LogP contribution >= 0.6 is 0 Å². The summed E-state index contributed by atoms with van der Waals surface area (Å²) in [5, 5.41) is 3.71. The first kappa shape index (κ1) is 17.5. The van der Waals surface area contributed by atoms with Crippen LogP contribution in [0.25, 0.3) is 10.9 Å². The number of nitrogens with one attached hydrogen (secondary N) is 1. The van der Waals surface area contributed by atoms with Crippen LogP contribution in [-0.4, -0.2) is 15.5 Å². The van der Waals surface area contributed by atoms with Gasteiger partial charge in [-0.1, -0.05) is 43.7 Å². The number of carbonyl (C=O) groups excluding carboxylic acids is 1. The molecule has 1 aliphatic heterocycles. The molecule has 0 aliphatic carbocycles. The van der Waals surface area contributed by atoms with Gasteiger partial charge in [-0.05, 0) is 36.6 Å². The summed E-state index contributed by atoms with van der Waals surface area (Å²) in [6, 6.07) is 15.2. The van der Waals surface area contributed by atoms with Crippen molar-refractivity contribution in [2.75, 3.05) is 0 Å². The van der Waals surface area contributed by atoms with Crippen molar-refractivity contribution >= 4 is 16.8 Å². The number of benzene rings is 2. The lowest BCUT2D eigenvalue weighted by molar-refractivity contribution is 0.0934. The van der Waals surface area contributed by atoms with Crippen LogP contribution in [0, 0.1) is 0 Å². The van der Waals surface area contributed by atoms with Crippen molar-refractivity contribution < 1.29 is 4.79 Å². The predicted octanol–water partition coefficient (Wildman–Crippen LogP) is 3.61. The molecule has 0 fully saturated rings. The number of carbonyl (C=O) groups is 1. The third kappa shape index (κ3) is 3.37. The Hall–Kier alpha value is -2.95. The van der Waals surface area contributed by atoms with Crippen molar-refractivity contribution in [1.82, 2.24) is 14.9 Å². The second kappa shape index (κ2) is 7.35. The second-order valence-corrected chi connectivity index (χ2v) is 7.05. The molecule has 5 heteroatoms. The normalized spacial score (nSPS) is 14.1. The molecule has 0 unspecified atom stereocenters. The summed E-state index contributed by atoms with van der Waals surface area (Å²) >= 11 is 0. The van der Waals surface area contributed by atoms with E-state index < -0.39 is 0 Å². The van der Waals surface area contributed by atoms with E-state index in [9.17, 15) is 9.59 Å². The van der Waals surface area contributed by atoms with Crippen LogP contribution in [0.5, 0.6) is 0 Å². The zero-order valence-corrected chi connectivity index (χ0v) is 15.4. The van der Waals surface area contributed by atoms with E-state index in [1.54, 1.807) is 22.8 Å². The SMILES string of the molecule is CCC[C@@H](NC(=O)c1ccc2c(=O)n3c(nc2c1)CCC3)c1ccccc1. The Labute approximate surface area is 158 Å². The topological polar surface area (TPSA) is 64.0 Å². The maximum absolute atomic E-state index is 12.8. The molecule has 3 aromatic rings. The molecular weight excluding hydrogens is 338 g/mol. The molecule has 1 aliphatic rings. The molecule has 0 saturated heterocycles. The fourth-order valence-corrected chi connectivity index (χ4v) is 3.76. The van der Waals surface area contributed by atoms with Gasteiger partial charge in [0.1, 0.15) is 5.82 Å². The highest BCUT2D eigenvalue weighted by Gasteiger charge is 2.19. The Morgan fingerprint density at radius 3 is 2.81 bits per heavy atom. The minimum Gasteiger partial charge on any atom is -0.345 e. The van der Waals surface area contributed by atoms with Crippen molar-refractivity contribution in [1.29, 1.82) is 0 Å². The van der Waals surface area contributed by atoms with E-state index >= 15 is 0 Å². The van der Waals surface area contributed by atoms with Gasteiger partial charge in [0.25, 0.3) is 11.5 Å². The number of rotatable bonds is 5. The number of hydrogen-bond acceptors (Lipinski definition) is 3. The zero-order chi connectivity index (χ0) is 18.8. The van der Waals surface area contributed by atoms with Crippen molar-refractivity contribution in [2.45, 2.75) is 45.2 Å². The van der Waals surface area contributed by atoms with Crippen LogP contribution < -0.4 is 10.9 Å². The molecule has 1 amide bonds. The van der Waals surface area contributed by atoms with E-state index in [-0.39, 0.29) is 17.5 Å². The summed E-state index contributed by atoms with van der Waals surface area (Å²) in [4.78, 5) is 30.0. The summed E-state index contributed by atoms with van der Waals surface area (Å²) in [6.07, 6.45) is 3.61. The van der Waals surface area contributed by atoms with Gasteiger partial charge < -0.3 is 5.32 Å². The summed E-state index contributed by atoms with van der Waals surface area (Å²) in [5.41, 5.74) is 2.23. The molecule has 2 heterocycles. The van der Waals surface area contributed by atoms with Gasteiger partial charge in [-0.25, -0.2) is 4.98 Å². The van der Waals surface area contributed by atoms with Gasteiger partial charge in [0.05, 0.1) is 16.9 Å². The van der Waals surface area contributed by atoms with Gasteiger partial charge in [-0.3, -0.25) is 14.2 Å². The van der Waals surface area contributed by atoms with Crippen LogP contribution in [-0.2, 0) is 13.0 Å². The van der Waals surface area contributed by atoms with E-state index in [4.69, 9.17) is 0 Å². The van der Waals surface area contributed by atoms with E-state index in [0.717, 1.165) is 43.6 Å². The number of amides is 1. The van der Waals surface area contributed by atoms with Crippen LogP contribution in [0.3, 0.4) is 0 Å². The molecule has 1 N–H and O–H groups in total. The van der Waals surface area contributed by atoms with Crippen LogP contribution in [0.4, 0.5) is 0 Å². The van der Waals surface area contributed by atoms with Gasteiger partial charge in [-0.2, -0.15) is 0 Å². The largest absolute Gasteiger partial charge is 0.345 e. The molecule has 0 radical (unpaired) electrons. The van der Waals surface area contributed by atoms with Crippen molar-refractivity contribution in [2.24, 2.45) is 0 Å². The number of fused-ring (bicyclic) bond motifs is 2. The van der Waals surface area contributed by atoms with Crippen molar-refractivity contribution in [3.63, 3.8) is 0 Å². The number of aromatic nitrogens is 2. The summed E-state index contributed by atoms with van der Waals surface area (Å²) < 4.78 is 1.74. The van der Waals surface area contributed by atoms with Gasteiger partial charge in [0.2, 0.25) is 0 Å². The molecule has 1 aromatic heterocycles. The minimum absolute atomic E-state index is 0.00685. The molecule has 4 rings (SSSR count). The Balaban J connectivity index is 1.64. The van der Waals surface area contributed by atoms with E-state index in [0.29, 0.717) is 16.5 Å². The molecular formula is C22H23N3O2. The van der Waals surface area contributed by atoms with E-state index in [1.165, 1.54) is 0 Å². The highest BCUT2D eigenvalue weighted by molar-refractivity contribution is 5.97. The molecule has 1 atom stereocenters. The molecule has 5 nitrogen and oxygen atoms in total. The lowest BCUT2D eigenvalue weighted by Crippen LogP contribution is -2.28. The lowest BCUT2D eigenvalue weighted by atomic mass is 10.0. The number of aryl methyl sites for hydroxylation is 1. The molecule has 0 spiro atoms. The zero-order valence-electron chi connectivity index (χ0n) is 15.4. The van der Waals surface area contributed by atoms with E-state index in [2.05, 4.69) is 17.2 Å². The maximum atomic E-state index is 12.8. The fourth-order valence-electron chi connectivity index (χ4n) is 3.76. The smallest absolute Gasteiger partial charge is 0.261 e. The van der Waals surface area contributed by atoms with E-state index in [1.807, 2.05) is 30.3 Å². The standard InChI is InChI=1S/C22H23N3O2/c1-2-7-18(15-8-4-3-5-9-15)24-21(26)16-11-12-17-19(14-16)23-20-10-6-13-25(20)22(17)27/h3-5,8-9,11-12,14,18H,2,6-7,10,13H2,1H3,(H,24,26)/t18-/m1/s1. The Morgan fingerprint density at radius 2 is 2.04 bits per heavy atom. The number of hydrogen-bond donors (Lipinski definition) is 1. The highest BCUT2D eigenvalue weighted by Crippen LogP contribution is 2.20. The lowest BCUT2D eigenvalue weighted by Gasteiger charge is -2.19. The monoisotopic (exact) mass is 361 g/mol. The third-order valence-corrected chi connectivity index (χ3v) is 5.16. The molecule has 27 heavy (non-hydrogen) atoms. The first-order chi connectivity index (χ1) is 13.2. The van der Waals surface area contributed by atoms with Crippen LogP contribution in [0.1, 0.15) is 54.0 Å². The third-order valence-electron chi connectivity index (χ3n) is 5.16. The highest BCUT2D eigenvalue weighted by atomic mass is 16.1. The summed E-state index contributed by atoms with van der Waals surface area (Å²) in [5.74, 6) is 0.680.